The van der Waals surface area contributed by atoms with Gasteiger partial charge in [0, 0.05) is 0 Å². The molecule has 6 aromatic rings. The predicted molar refractivity (Wildman–Crippen MR) is 326 cm³/mol. The molecule has 0 unspecified atom stereocenters. The molecular weight excluding hydrogens is 1160 g/mol. The summed E-state index contributed by atoms with van der Waals surface area (Å²) in [6.45, 7) is 45.8. The van der Waals surface area contributed by atoms with Crippen molar-refractivity contribution >= 4 is 125 Å². The third-order valence-corrected chi connectivity index (χ3v) is 108. The molecule has 6 aliphatic heterocycles. The van der Waals surface area contributed by atoms with Gasteiger partial charge in [-0.3, -0.25) is 0 Å². The van der Waals surface area contributed by atoms with Gasteiger partial charge in [-0.2, -0.15) is 0 Å². The quantitative estimate of drug-likeness (QED) is 0.154. The van der Waals surface area contributed by atoms with Crippen LogP contribution in [-0.4, -0.2) is 90.6 Å². The van der Waals surface area contributed by atoms with Gasteiger partial charge < -0.3 is 0 Å². The van der Waals surface area contributed by atoms with Crippen molar-refractivity contribution in [3.8, 4) is 0 Å². The predicted octanol–water partition coefficient (Wildman–Crippen LogP) is 15.0. The summed E-state index contributed by atoms with van der Waals surface area (Å²) in [5.74, 6) is 0. The topological polar surface area (TPSA) is 19.4 Å². The molecular formula is C56H80N6Si6Sn2. The molecule has 6 nitrogen and oxygen atoms in total. The molecule has 12 rings (SSSR count). The van der Waals surface area contributed by atoms with Gasteiger partial charge in [0.1, 0.15) is 0 Å². The Morgan fingerprint density at radius 1 is 0.229 bits per heavy atom. The van der Waals surface area contributed by atoms with Gasteiger partial charge in [-0.1, -0.05) is 0 Å². The molecule has 366 valence electrons. The number of anilines is 6. The first-order valence-corrected chi connectivity index (χ1v) is 51.5. The first-order chi connectivity index (χ1) is 32.7. The Morgan fingerprint density at radius 2 is 0.343 bits per heavy atom. The fourth-order valence-electron chi connectivity index (χ4n) is 15.0. The second kappa shape index (κ2) is 18.4. The van der Waals surface area contributed by atoms with Crippen LogP contribution in [0.5, 0.6) is 0 Å². The van der Waals surface area contributed by atoms with Crippen molar-refractivity contribution in [3.63, 3.8) is 0 Å². The molecule has 0 saturated carbocycles. The van der Waals surface area contributed by atoms with Crippen molar-refractivity contribution in [1.82, 2.24) is 0 Å². The summed E-state index contributed by atoms with van der Waals surface area (Å²) in [6.07, 6.45) is 0. The van der Waals surface area contributed by atoms with Gasteiger partial charge in [0.25, 0.3) is 0 Å². The van der Waals surface area contributed by atoms with E-state index in [0.29, 0.717) is 0 Å². The van der Waals surface area contributed by atoms with Gasteiger partial charge >= 0.3 is 450 Å². The molecule has 14 heteroatoms. The van der Waals surface area contributed by atoms with E-state index in [2.05, 4.69) is 282 Å². The molecule has 6 fully saturated rings. The van der Waals surface area contributed by atoms with Crippen molar-refractivity contribution in [2.75, 3.05) is 16.7 Å². The molecule has 6 saturated heterocycles. The summed E-state index contributed by atoms with van der Waals surface area (Å²) in [5, 5.41) is 0. The Balaban J connectivity index is 0.000000174. The number of fused-ring (bicyclic) bond motifs is 6. The maximum atomic E-state index is 3.08. The molecule has 0 amide bonds. The average Bonchev–Trinajstić information content (AvgIpc) is 3.25. The van der Waals surface area contributed by atoms with Crippen LogP contribution in [0, 0.1) is 41.5 Å². The Morgan fingerprint density at radius 3 is 0.457 bits per heavy atom. The molecule has 0 atom stereocenters. The van der Waals surface area contributed by atoms with Gasteiger partial charge in [0.2, 0.25) is 0 Å². The number of rotatable bonds is 6. The van der Waals surface area contributed by atoms with Gasteiger partial charge in [-0.15, -0.1) is 0 Å². The Hall–Kier alpha value is -2.98. The Kier molecular flexibility index (Phi) is 13.7. The van der Waals surface area contributed by atoms with Crippen LogP contribution in [0.2, 0.25) is 88.1 Å². The van der Waals surface area contributed by atoms with Gasteiger partial charge in [0.05, 0.1) is 0 Å². The second-order valence-corrected chi connectivity index (χ2v) is 72.6. The minimum atomic E-state index is -2.64. The zero-order chi connectivity index (χ0) is 50.7. The average molecular weight is 1240 g/mol. The third kappa shape index (κ3) is 8.50. The molecule has 2 radical (unpaired) electrons. The molecule has 0 aliphatic carbocycles. The molecule has 0 spiro atoms. The number of hydrogen-bond donors (Lipinski definition) is 0. The number of nitrogens with zero attached hydrogens (tertiary/aromatic N) is 6. The van der Waals surface area contributed by atoms with Crippen LogP contribution in [0.3, 0.4) is 0 Å². The molecule has 6 aromatic carbocycles. The summed E-state index contributed by atoms with van der Waals surface area (Å²) >= 11 is -5.27. The summed E-state index contributed by atoms with van der Waals surface area (Å²) < 4.78 is 18.5. The summed E-state index contributed by atoms with van der Waals surface area (Å²) in [7, 11) is -10.4. The molecule has 6 aliphatic rings. The van der Waals surface area contributed by atoms with Crippen molar-refractivity contribution in [2.45, 2.75) is 130 Å². The molecule has 4 bridgehead atoms. The summed E-state index contributed by atoms with van der Waals surface area (Å²) in [6, 6.07) is 56.9. The van der Waals surface area contributed by atoms with Gasteiger partial charge in [0.15, 0.2) is 0 Å². The van der Waals surface area contributed by atoms with Crippen molar-refractivity contribution in [1.29, 1.82) is 0 Å². The first kappa shape index (κ1) is 51.9. The number of benzene rings is 6. The van der Waals surface area contributed by atoms with E-state index in [0.717, 1.165) is 9.58 Å². The van der Waals surface area contributed by atoms with E-state index in [1.54, 1.807) is 0 Å². The molecule has 6 heterocycles. The standard InChI is InChI=1S/2C28H40N3Si3.2Sn/c2*1-22-10-16-25(17-11-22)29-32(4,5)28(33(6,7)30-26-18-12-23(2)13-19-26)34(8,9)31-27-20-14-24(3)15-21-27;;/h2*10-21,28H,1-9H3;;/q2*-3;2*+3. The maximum absolute atomic E-state index is 3.08. The zero-order valence-corrected chi connectivity index (χ0v) is 57.4. The SMILES string of the molecule is Cc1ccc([N]2[Sn]3[N](c4ccc(C)cc4)[Si](C)(C)C([Si]2(C)C)[Si](C)(C)[N]3c2ccc(C)cc2)cc1.Cc1ccc([N]2[Sn]3[N](c4ccc(C)cc4)[Si](C)(C)C([Si]2(C)C)[Si](C)(C)[N]3c2ccc(C)cc2)cc1. The van der Waals surface area contributed by atoms with Gasteiger partial charge in [-0.25, -0.2) is 0 Å². The van der Waals surface area contributed by atoms with Gasteiger partial charge in [-0.05, 0) is 0 Å². The summed E-state index contributed by atoms with van der Waals surface area (Å²) in [5.41, 5.74) is 16.9. The Labute approximate surface area is 445 Å². The monoisotopic (exact) mass is 1240 g/mol. The van der Waals surface area contributed by atoms with Crippen LogP contribution in [0.1, 0.15) is 33.4 Å². The van der Waals surface area contributed by atoms with E-state index in [9.17, 15) is 0 Å². The van der Waals surface area contributed by atoms with Crippen LogP contribution in [0.4, 0.5) is 34.1 Å². The molecule has 0 N–H and O–H groups in total. The molecule has 0 aromatic heterocycles. The second-order valence-electron chi connectivity index (χ2n) is 24.4. The van der Waals surface area contributed by atoms with Crippen molar-refractivity contribution < 1.29 is 0 Å². The first-order valence-electron chi connectivity index (χ1n) is 25.7. The van der Waals surface area contributed by atoms with E-state index in [1.165, 1.54) is 67.5 Å². The van der Waals surface area contributed by atoms with E-state index in [4.69, 9.17) is 0 Å². The fourth-order valence-corrected chi connectivity index (χ4v) is 139. The van der Waals surface area contributed by atoms with Crippen LogP contribution in [0.15, 0.2) is 146 Å². The van der Waals surface area contributed by atoms with E-state index in [1.807, 2.05) is 0 Å². The normalized spacial score (nSPS) is 21.0. The number of aryl methyl sites for hydroxylation is 6. The van der Waals surface area contributed by atoms with Crippen molar-refractivity contribution in [3.05, 3.63) is 179 Å². The van der Waals surface area contributed by atoms with Crippen LogP contribution in [0.25, 0.3) is 0 Å². The van der Waals surface area contributed by atoms with E-state index in [-0.39, 0.29) is 0 Å². The zero-order valence-electron chi connectivity index (χ0n) is 45.7. The van der Waals surface area contributed by atoms with Crippen LogP contribution >= 0.6 is 0 Å². The summed E-state index contributed by atoms with van der Waals surface area (Å²) in [4.78, 5) is 1.62. The van der Waals surface area contributed by atoms with Crippen LogP contribution in [-0.2, 0) is 0 Å². The third-order valence-electron chi connectivity index (χ3n) is 16.6. The van der Waals surface area contributed by atoms with E-state index < -0.39 is 90.6 Å². The minimum absolute atomic E-state index is 0.810. The van der Waals surface area contributed by atoms with Crippen molar-refractivity contribution in [2.24, 2.45) is 0 Å². The fraction of sp³-hybridized carbons (Fsp3) is 0.357. The Bertz CT molecular complexity index is 2330. The van der Waals surface area contributed by atoms with Crippen LogP contribution < -0.4 is 16.7 Å². The molecule has 70 heavy (non-hydrogen) atoms. The number of hydrogen-bond acceptors (Lipinski definition) is 6. The van der Waals surface area contributed by atoms with E-state index >= 15 is 0 Å².